The standard InChI is InChI=1S/C8H17N.CH4O/c1-2-8-5-3-4-6-9-7-8;1-2/h8-9H,2-7H2,1H3;2H,1H3. The normalized spacial score (nSPS) is 24.8. The van der Waals surface area contributed by atoms with Gasteiger partial charge in [0.05, 0.1) is 0 Å². The fourth-order valence-electron chi connectivity index (χ4n) is 1.44. The highest BCUT2D eigenvalue weighted by atomic mass is 16.2. The summed E-state index contributed by atoms with van der Waals surface area (Å²) < 4.78 is 0. The lowest BCUT2D eigenvalue weighted by atomic mass is 10.0. The number of nitrogens with one attached hydrogen (secondary N) is 1. The molecule has 0 aromatic carbocycles. The third-order valence-electron chi connectivity index (χ3n) is 2.23. The van der Waals surface area contributed by atoms with Gasteiger partial charge in [-0.15, -0.1) is 0 Å². The molecule has 1 aliphatic heterocycles. The Morgan fingerprint density at radius 1 is 1.36 bits per heavy atom. The van der Waals surface area contributed by atoms with Crippen LogP contribution < -0.4 is 5.32 Å². The van der Waals surface area contributed by atoms with Gasteiger partial charge in [-0.25, -0.2) is 0 Å². The molecule has 11 heavy (non-hydrogen) atoms. The average Bonchev–Trinajstić information content (AvgIpc) is 2.35. The van der Waals surface area contributed by atoms with E-state index in [0.717, 1.165) is 13.0 Å². The molecule has 0 spiro atoms. The molecule has 0 aromatic heterocycles. The molecule has 0 aromatic rings. The van der Waals surface area contributed by atoms with E-state index in [1.165, 1.54) is 38.8 Å². The van der Waals surface area contributed by atoms with Crippen molar-refractivity contribution in [2.45, 2.75) is 32.6 Å². The van der Waals surface area contributed by atoms with E-state index in [4.69, 9.17) is 5.11 Å². The molecular formula is C9H21NO. The summed E-state index contributed by atoms with van der Waals surface area (Å²) in [5, 5.41) is 10.4. The summed E-state index contributed by atoms with van der Waals surface area (Å²) in [5.41, 5.74) is 0. The maximum atomic E-state index is 7.00. The first-order chi connectivity index (χ1) is 5.43. The van der Waals surface area contributed by atoms with Crippen molar-refractivity contribution in [3.05, 3.63) is 0 Å². The molecule has 0 saturated carbocycles. The quantitative estimate of drug-likeness (QED) is 0.606. The van der Waals surface area contributed by atoms with Crippen LogP contribution in [0.15, 0.2) is 0 Å². The van der Waals surface area contributed by atoms with Crippen molar-refractivity contribution in [3.8, 4) is 0 Å². The van der Waals surface area contributed by atoms with Gasteiger partial charge in [-0.2, -0.15) is 0 Å². The fraction of sp³-hybridized carbons (Fsp3) is 1.00. The first-order valence-corrected chi connectivity index (χ1v) is 4.59. The second-order valence-corrected chi connectivity index (χ2v) is 2.97. The zero-order chi connectivity index (χ0) is 8.53. The van der Waals surface area contributed by atoms with Crippen LogP contribution in [0.25, 0.3) is 0 Å². The molecule has 1 aliphatic rings. The molecule has 1 unspecified atom stereocenters. The second kappa shape index (κ2) is 8.02. The molecule has 2 nitrogen and oxygen atoms in total. The Kier molecular flexibility index (Phi) is 7.96. The van der Waals surface area contributed by atoms with E-state index in [-0.39, 0.29) is 0 Å². The van der Waals surface area contributed by atoms with Gasteiger partial charge in [0.1, 0.15) is 0 Å². The summed E-state index contributed by atoms with van der Waals surface area (Å²) >= 11 is 0. The summed E-state index contributed by atoms with van der Waals surface area (Å²) in [4.78, 5) is 0. The van der Waals surface area contributed by atoms with E-state index in [2.05, 4.69) is 12.2 Å². The van der Waals surface area contributed by atoms with Gasteiger partial charge in [0.2, 0.25) is 0 Å². The predicted molar refractivity (Wildman–Crippen MR) is 48.6 cm³/mol. The van der Waals surface area contributed by atoms with Crippen molar-refractivity contribution in [3.63, 3.8) is 0 Å². The first-order valence-electron chi connectivity index (χ1n) is 4.59. The van der Waals surface area contributed by atoms with Crippen molar-refractivity contribution in [1.82, 2.24) is 5.32 Å². The van der Waals surface area contributed by atoms with Gasteiger partial charge in [0.15, 0.2) is 0 Å². The van der Waals surface area contributed by atoms with E-state index in [9.17, 15) is 0 Å². The van der Waals surface area contributed by atoms with Crippen LogP contribution in [0.1, 0.15) is 32.6 Å². The Labute approximate surface area is 70.0 Å². The zero-order valence-electron chi connectivity index (χ0n) is 7.77. The summed E-state index contributed by atoms with van der Waals surface area (Å²) in [5.74, 6) is 0.965. The molecule has 1 atom stereocenters. The molecule has 2 N–H and O–H groups in total. The predicted octanol–water partition coefficient (Wildman–Crippen LogP) is 1.39. The van der Waals surface area contributed by atoms with E-state index >= 15 is 0 Å². The Hall–Kier alpha value is -0.0800. The van der Waals surface area contributed by atoms with Gasteiger partial charge in [0.25, 0.3) is 0 Å². The molecule has 0 bridgehead atoms. The SMILES string of the molecule is CCC1CCCCNC1.CO. The average molecular weight is 159 g/mol. The Morgan fingerprint density at radius 3 is 2.73 bits per heavy atom. The van der Waals surface area contributed by atoms with Crippen LogP contribution >= 0.6 is 0 Å². The molecule has 0 radical (unpaired) electrons. The van der Waals surface area contributed by atoms with Crippen molar-refractivity contribution in [1.29, 1.82) is 0 Å². The van der Waals surface area contributed by atoms with Gasteiger partial charge >= 0.3 is 0 Å². The monoisotopic (exact) mass is 159 g/mol. The Morgan fingerprint density at radius 2 is 2.09 bits per heavy atom. The fourth-order valence-corrected chi connectivity index (χ4v) is 1.44. The smallest absolute Gasteiger partial charge is 0.0319 e. The van der Waals surface area contributed by atoms with E-state index < -0.39 is 0 Å². The molecular weight excluding hydrogens is 138 g/mol. The summed E-state index contributed by atoms with van der Waals surface area (Å²) in [6.07, 6.45) is 5.62. The minimum absolute atomic E-state index is 0.965. The number of aliphatic hydroxyl groups is 1. The second-order valence-electron chi connectivity index (χ2n) is 2.97. The molecule has 1 fully saturated rings. The lowest BCUT2D eigenvalue weighted by molar-refractivity contribution is 0.399. The van der Waals surface area contributed by atoms with Crippen molar-refractivity contribution >= 4 is 0 Å². The molecule has 0 amide bonds. The maximum absolute atomic E-state index is 7.00. The number of rotatable bonds is 1. The molecule has 0 aliphatic carbocycles. The van der Waals surface area contributed by atoms with Crippen LogP contribution in [-0.4, -0.2) is 25.3 Å². The lowest BCUT2D eigenvalue weighted by Crippen LogP contribution is -2.19. The minimum Gasteiger partial charge on any atom is -0.400 e. The van der Waals surface area contributed by atoms with Crippen molar-refractivity contribution in [2.24, 2.45) is 5.92 Å². The van der Waals surface area contributed by atoms with E-state index in [1.807, 2.05) is 0 Å². The first kappa shape index (κ1) is 10.9. The van der Waals surface area contributed by atoms with Crippen molar-refractivity contribution < 1.29 is 5.11 Å². The van der Waals surface area contributed by atoms with Crippen LogP contribution in [0.3, 0.4) is 0 Å². The summed E-state index contributed by atoms with van der Waals surface area (Å²) in [6.45, 7) is 4.80. The third-order valence-corrected chi connectivity index (χ3v) is 2.23. The van der Waals surface area contributed by atoms with Crippen LogP contribution in [0.4, 0.5) is 0 Å². The highest BCUT2D eigenvalue weighted by Gasteiger charge is 2.07. The lowest BCUT2D eigenvalue weighted by Gasteiger charge is -2.09. The van der Waals surface area contributed by atoms with E-state index in [1.54, 1.807) is 0 Å². The molecule has 68 valence electrons. The Bertz CT molecular complexity index is 68.0. The minimum atomic E-state index is 0.965. The van der Waals surface area contributed by atoms with Gasteiger partial charge < -0.3 is 10.4 Å². The van der Waals surface area contributed by atoms with Gasteiger partial charge in [0, 0.05) is 7.11 Å². The van der Waals surface area contributed by atoms with Gasteiger partial charge in [-0.1, -0.05) is 19.8 Å². The highest BCUT2D eigenvalue weighted by molar-refractivity contribution is 4.65. The molecule has 1 rings (SSSR count). The maximum Gasteiger partial charge on any atom is 0.0319 e. The van der Waals surface area contributed by atoms with Crippen LogP contribution in [0.5, 0.6) is 0 Å². The molecule has 1 saturated heterocycles. The molecule has 2 heteroatoms. The van der Waals surface area contributed by atoms with Crippen LogP contribution in [0, 0.1) is 5.92 Å². The van der Waals surface area contributed by atoms with E-state index in [0.29, 0.717) is 0 Å². The number of hydrogen-bond donors (Lipinski definition) is 2. The van der Waals surface area contributed by atoms with Gasteiger partial charge in [-0.3, -0.25) is 0 Å². The molecule has 1 heterocycles. The topological polar surface area (TPSA) is 32.3 Å². The number of aliphatic hydroxyl groups excluding tert-OH is 1. The van der Waals surface area contributed by atoms with Crippen LogP contribution in [0.2, 0.25) is 0 Å². The summed E-state index contributed by atoms with van der Waals surface area (Å²) in [6, 6.07) is 0. The zero-order valence-corrected chi connectivity index (χ0v) is 7.77. The third kappa shape index (κ3) is 5.22. The number of hydrogen-bond acceptors (Lipinski definition) is 2. The highest BCUT2D eigenvalue weighted by Crippen LogP contribution is 2.13. The van der Waals surface area contributed by atoms with Gasteiger partial charge in [-0.05, 0) is 31.8 Å². The van der Waals surface area contributed by atoms with Crippen molar-refractivity contribution in [2.75, 3.05) is 20.2 Å². The van der Waals surface area contributed by atoms with Crippen LogP contribution in [-0.2, 0) is 0 Å². The largest absolute Gasteiger partial charge is 0.400 e. The summed E-state index contributed by atoms with van der Waals surface area (Å²) in [7, 11) is 1.00. The Balaban J connectivity index is 0.000000461.